The minimum absolute atomic E-state index is 0.0465. The molecule has 0 atom stereocenters. The third kappa shape index (κ3) is 3.54. The van der Waals surface area contributed by atoms with E-state index >= 15 is 0 Å². The van der Waals surface area contributed by atoms with Crippen molar-refractivity contribution in [3.63, 3.8) is 0 Å². The molecule has 7 nitrogen and oxygen atoms in total. The van der Waals surface area contributed by atoms with Gasteiger partial charge in [0.1, 0.15) is 4.90 Å². The molecule has 0 spiro atoms. The van der Waals surface area contributed by atoms with Crippen LogP contribution in [0.1, 0.15) is 20.7 Å². The van der Waals surface area contributed by atoms with Crippen molar-refractivity contribution in [2.45, 2.75) is 4.90 Å². The SMILES string of the molecule is COC(=O)c1ccccc1S(=O)(=O)Nc1ccc2ccccc2c1C(=O)OC. The molecule has 0 aliphatic heterocycles. The van der Waals surface area contributed by atoms with Gasteiger partial charge in [-0.1, -0.05) is 42.5 Å². The van der Waals surface area contributed by atoms with Crippen molar-refractivity contribution < 1.29 is 27.5 Å². The molecule has 0 heterocycles. The Morgan fingerprint density at radius 1 is 0.821 bits per heavy atom. The lowest BCUT2D eigenvalue weighted by molar-refractivity contribution is 0.0590. The average Bonchev–Trinajstić information content (AvgIpc) is 2.72. The second-order valence-corrected chi connectivity index (χ2v) is 7.44. The molecule has 3 aromatic carbocycles. The maximum Gasteiger partial charge on any atom is 0.340 e. The molecule has 0 fully saturated rings. The summed E-state index contributed by atoms with van der Waals surface area (Å²) in [6.07, 6.45) is 0. The summed E-state index contributed by atoms with van der Waals surface area (Å²) in [6.45, 7) is 0. The smallest absolute Gasteiger partial charge is 0.340 e. The van der Waals surface area contributed by atoms with E-state index < -0.39 is 22.0 Å². The van der Waals surface area contributed by atoms with Crippen LogP contribution in [-0.2, 0) is 19.5 Å². The number of carbonyl (C=O) groups is 2. The highest BCUT2D eigenvalue weighted by molar-refractivity contribution is 7.92. The Labute approximate surface area is 161 Å². The number of sulfonamides is 1. The number of methoxy groups -OCH3 is 2. The predicted octanol–water partition coefficient (Wildman–Crippen LogP) is 3.21. The van der Waals surface area contributed by atoms with Crippen LogP contribution >= 0.6 is 0 Å². The van der Waals surface area contributed by atoms with Crippen LogP contribution in [0, 0.1) is 0 Å². The van der Waals surface area contributed by atoms with E-state index in [4.69, 9.17) is 4.74 Å². The lowest BCUT2D eigenvalue weighted by atomic mass is 10.0. The van der Waals surface area contributed by atoms with Gasteiger partial charge in [0, 0.05) is 0 Å². The lowest BCUT2D eigenvalue weighted by Gasteiger charge is -2.15. The average molecular weight is 399 g/mol. The molecule has 144 valence electrons. The van der Waals surface area contributed by atoms with E-state index in [1.807, 2.05) is 0 Å². The Hall–Kier alpha value is -3.39. The van der Waals surface area contributed by atoms with E-state index in [-0.39, 0.29) is 21.7 Å². The van der Waals surface area contributed by atoms with Gasteiger partial charge in [-0.25, -0.2) is 18.0 Å². The largest absolute Gasteiger partial charge is 0.465 e. The first-order valence-corrected chi connectivity index (χ1v) is 9.67. The number of nitrogens with one attached hydrogen (secondary N) is 1. The highest BCUT2D eigenvalue weighted by atomic mass is 32.2. The van der Waals surface area contributed by atoms with Crippen LogP contribution in [0.2, 0.25) is 0 Å². The number of benzene rings is 3. The van der Waals surface area contributed by atoms with Crippen LogP contribution in [-0.4, -0.2) is 34.6 Å². The summed E-state index contributed by atoms with van der Waals surface area (Å²) in [6, 6.07) is 15.9. The number of anilines is 1. The molecule has 3 rings (SSSR count). The van der Waals surface area contributed by atoms with Gasteiger partial charge < -0.3 is 9.47 Å². The molecule has 3 aromatic rings. The summed E-state index contributed by atoms with van der Waals surface area (Å²) < 4.78 is 37.8. The summed E-state index contributed by atoms with van der Waals surface area (Å²) in [4.78, 5) is 24.0. The van der Waals surface area contributed by atoms with Crippen molar-refractivity contribution in [1.82, 2.24) is 0 Å². The van der Waals surface area contributed by atoms with Crippen molar-refractivity contribution in [3.8, 4) is 0 Å². The molecule has 0 aromatic heterocycles. The number of rotatable bonds is 5. The number of esters is 2. The van der Waals surface area contributed by atoms with Gasteiger partial charge in [-0.15, -0.1) is 0 Å². The highest BCUT2D eigenvalue weighted by Gasteiger charge is 2.25. The molecular weight excluding hydrogens is 382 g/mol. The third-order valence-electron chi connectivity index (χ3n) is 4.14. The zero-order valence-corrected chi connectivity index (χ0v) is 15.9. The molecule has 0 unspecified atom stereocenters. The fourth-order valence-corrected chi connectivity index (χ4v) is 4.13. The van der Waals surface area contributed by atoms with Gasteiger partial charge in [0.2, 0.25) is 0 Å². The number of hydrogen-bond acceptors (Lipinski definition) is 6. The second kappa shape index (κ2) is 7.69. The van der Waals surface area contributed by atoms with Crippen molar-refractivity contribution >= 4 is 38.4 Å². The van der Waals surface area contributed by atoms with Crippen molar-refractivity contribution in [1.29, 1.82) is 0 Å². The van der Waals surface area contributed by atoms with E-state index in [1.165, 1.54) is 37.4 Å². The van der Waals surface area contributed by atoms with Crippen LogP contribution in [0.5, 0.6) is 0 Å². The van der Waals surface area contributed by atoms with Crippen LogP contribution in [0.4, 0.5) is 5.69 Å². The Bertz CT molecular complexity index is 1170. The van der Waals surface area contributed by atoms with E-state index in [1.54, 1.807) is 30.3 Å². The topological polar surface area (TPSA) is 98.8 Å². The van der Waals surface area contributed by atoms with Crippen LogP contribution < -0.4 is 4.72 Å². The van der Waals surface area contributed by atoms with Gasteiger partial charge in [0.05, 0.1) is 31.0 Å². The molecule has 28 heavy (non-hydrogen) atoms. The van der Waals surface area contributed by atoms with Crippen molar-refractivity contribution in [2.24, 2.45) is 0 Å². The number of hydrogen-bond donors (Lipinski definition) is 1. The number of carbonyl (C=O) groups excluding carboxylic acids is 2. The molecular formula is C20H17NO6S. The molecule has 0 aliphatic rings. The van der Waals surface area contributed by atoms with E-state index in [2.05, 4.69) is 9.46 Å². The molecule has 0 saturated carbocycles. The molecule has 0 bridgehead atoms. The minimum atomic E-state index is -4.19. The maximum atomic E-state index is 13.0. The van der Waals surface area contributed by atoms with Crippen LogP contribution in [0.25, 0.3) is 10.8 Å². The Morgan fingerprint density at radius 2 is 1.46 bits per heavy atom. The van der Waals surface area contributed by atoms with Gasteiger partial charge in [0.25, 0.3) is 10.0 Å². The first kappa shape index (κ1) is 19.4. The molecule has 0 saturated heterocycles. The molecule has 0 aliphatic carbocycles. The fraction of sp³-hybridized carbons (Fsp3) is 0.100. The quantitative estimate of drug-likeness (QED) is 0.662. The van der Waals surface area contributed by atoms with Gasteiger partial charge in [0.15, 0.2) is 0 Å². The Kier molecular flexibility index (Phi) is 5.32. The molecule has 0 amide bonds. The van der Waals surface area contributed by atoms with E-state index in [0.717, 1.165) is 12.5 Å². The normalized spacial score (nSPS) is 11.1. The number of fused-ring (bicyclic) bond motifs is 1. The molecule has 0 radical (unpaired) electrons. The summed E-state index contributed by atoms with van der Waals surface area (Å²) >= 11 is 0. The van der Waals surface area contributed by atoms with Crippen molar-refractivity contribution in [2.75, 3.05) is 18.9 Å². The Balaban J connectivity index is 2.15. The van der Waals surface area contributed by atoms with Gasteiger partial charge >= 0.3 is 11.9 Å². The monoisotopic (exact) mass is 399 g/mol. The first-order valence-electron chi connectivity index (χ1n) is 8.19. The lowest BCUT2D eigenvalue weighted by Crippen LogP contribution is -2.19. The van der Waals surface area contributed by atoms with Gasteiger partial charge in [-0.2, -0.15) is 0 Å². The molecule has 1 N–H and O–H groups in total. The summed E-state index contributed by atoms with van der Waals surface area (Å²) in [5.74, 6) is -1.47. The summed E-state index contributed by atoms with van der Waals surface area (Å²) in [7, 11) is -1.81. The maximum absolute atomic E-state index is 13.0. The molecule has 8 heteroatoms. The predicted molar refractivity (Wildman–Crippen MR) is 104 cm³/mol. The third-order valence-corrected chi connectivity index (χ3v) is 5.57. The minimum Gasteiger partial charge on any atom is -0.465 e. The highest BCUT2D eigenvalue weighted by Crippen LogP contribution is 2.29. The zero-order chi connectivity index (χ0) is 20.3. The Morgan fingerprint density at radius 3 is 2.18 bits per heavy atom. The second-order valence-electron chi connectivity index (χ2n) is 5.79. The standard InChI is InChI=1S/C20H17NO6S/c1-26-19(22)15-9-5-6-10-17(15)28(24,25)21-16-12-11-13-7-3-4-8-14(13)18(16)20(23)27-2/h3-12,21H,1-2H3. The first-order chi connectivity index (χ1) is 13.4. The summed E-state index contributed by atoms with van der Waals surface area (Å²) in [5.41, 5.74) is 0.0165. The summed E-state index contributed by atoms with van der Waals surface area (Å²) in [5, 5.41) is 1.29. The fourth-order valence-electron chi connectivity index (χ4n) is 2.86. The van der Waals surface area contributed by atoms with E-state index in [9.17, 15) is 18.0 Å². The van der Waals surface area contributed by atoms with E-state index in [0.29, 0.717) is 5.39 Å². The van der Waals surface area contributed by atoms with Gasteiger partial charge in [-0.05, 0) is 29.0 Å². The van der Waals surface area contributed by atoms with Crippen molar-refractivity contribution in [3.05, 3.63) is 71.8 Å². The van der Waals surface area contributed by atoms with Crippen LogP contribution in [0.15, 0.2) is 65.6 Å². The number of ether oxygens (including phenoxy) is 2. The van der Waals surface area contributed by atoms with Crippen LogP contribution in [0.3, 0.4) is 0 Å². The van der Waals surface area contributed by atoms with Gasteiger partial charge in [-0.3, -0.25) is 4.72 Å². The zero-order valence-electron chi connectivity index (χ0n) is 15.1.